The second-order valence-electron chi connectivity index (χ2n) is 4.09. The average Bonchev–Trinajstić information content (AvgIpc) is 2.75. The molecule has 19 heavy (non-hydrogen) atoms. The first kappa shape index (κ1) is 13.4. The summed E-state index contributed by atoms with van der Waals surface area (Å²) in [4.78, 5) is 19.9. The maximum Gasteiger partial charge on any atom is 0.355 e. The van der Waals surface area contributed by atoms with Gasteiger partial charge in [0.05, 0.1) is 4.90 Å². The van der Waals surface area contributed by atoms with Crippen LogP contribution in [0.2, 0.25) is 0 Å². The van der Waals surface area contributed by atoms with Gasteiger partial charge in [0.1, 0.15) is 5.82 Å². The predicted octanol–water partition coefficient (Wildman–Crippen LogP) is 0.973. The molecule has 0 bridgehead atoms. The largest absolute Gasteiger partial charge is 0.476 e. The molecule has 0 saturated heterocycles. The van der Waals surface area contributed by atoms with Crippen molar-refractivity contribution in [3.05, 3.63) is 17.7 Å². The smallest absolute Gasteiger partial charge is 0.355 e. The lowest BCUT2D eigenvalue weighted by Crippen LogP contribution is -2.08. The first-order valence-electron chi connectivity index (χ1n) is 5.49. The molecule has 0 aliphatic carbocycles. The summed E-state index contributed by atoms with van der Waals surface area (Å²) in [5, 5.41) is 20.6. The maximum atomic E-state index is 11.2. The molecule has 0 fully saturated rings. The number of aromatic nitrogens is 6. The normalized spacial score (nSPS) is 10.9. The molecule has 2 aromatic heterocycles. The van der Waals surface area contributed by atoms with Gasteiger partial charge in [0.15, 0.2) is 5.69 Å². The van der Waals surface area contributed by atoms with Crippen molar-refractivity contribution in [1.82, 2.24) is 30.2 Å². The molecule has 0 radical (unpaired) electrons. The summed E-state index contributed by atoms with van der Waals surface area (Å²) in [6, 6.07) is 0. The molecule has 0 spiro atoms. The van der Waals surface area contributed by atoms with Crippen LogP contribution in [0.1, 0.15) is 36.1 Å². The number of nitrogens with zero attached hydrogens (tertiary/aromatic N) is 6. The highest BCUT2D eigenvalue weighted by Crippen LogP contribution is 2.27. The van der Waals surface area contributed by atoms with Crippen molar-refractivity contribution in [1.29, 1.82) is 0 Å². The molecule has 0 aliphatic heterocycles. The Kier molecular flexibility index (Phi) is 3.74. The van der Waals surface area contributed by atoms with Crippen LogP contribution in [0.4, 0.5) is 0 Å². The van der Waals surface area contributed by atoms with E-state index in [1.807, 2.05) is 13.8 Å². The van der Waals surface area contributed by atoms with Crippen LogP contribution in [0.5, 0.6) is 0 Å². The van der Waals surface area contributed by atoms with Crippen molar-refractivity contribution >= 4 is 17.7 Å². The Labute approximate surface area is 113 Å². The van der Waals surface area contributed by atoms with Crippen LogP contribution in [0.25, 0.3) is 0 Å². The van der Waals surface area contributed by atoms with E-state index in [1.165, 1.54) is 10.9 Å². The van der Waals surface area contributed by atoms with Crippen LogP contribution in [-0.4, -0.2) is 41.3 Å². The third-order valence-electron chi connectivity index (χ3n) is 2.28. The summed E-state index contributed by atoms with van der Waals surface area (Å²) >= 11 is 1.12. The van der Waals surface area contributed by atoms with Crippen LogP contribution in [0.3, 0.4) is 0 Å². The minimum absolute atomic E-state index is 0.0355. The lowest BCUT2D eigenvalue weighted by molar-refractivity contribution is 0.0685. The van der Waals surface area contributed by atoms with Crippen molar-refractivity contribution in [3.63, 3.8) is 0 Å². The quantitative estimate of drug-likeness (QED) is 0.883. The van der Waals surface area contributed by atoms with Gasteiger partial charge in [0.25, 0.3) is 0 Å². The zero-order chi connectivity index (χ0) is 14.0. The summed E-state index contributed by atoms with van der Waals surface area (Å²) in [5.41, 5.74) is -0.0355. The Hall–Kier alpha value is -2.03. The Balaban J connectivity index is 2.40. The summed E-state index contributed by atoms with van der Waals surface area (Å²) in [5.74, 6) is -0.534. The van der Waals surface area contributed by atoms with Gasteiger partial charge < -0.3 is 5.11 Å². The van der Waals surface area contributed by atoms with Crippen LogP contribution < -0.4 is 0 Å². The van der Waals surface area contributed by atoms with E-state index in [-0.39, 0.29) is 11.6 Å². The molecule has 9 heteroatoms. The van der Waals surface area contributed by atoms with Gasteiger partial charge in [-0.2, -0.15) is 0 Å². The highest BCUT2D eigenvalue weighted by Gasteiger charge is 2.18. The Morgan fingerprint density at radius 3 is 2.74 bits per heavy atom. The van der Waals surface area contributed by atoms with E-state index >= 15 is 0 Å². The van der Waals surface area contributed by atoms with E-state index in [9.17, 15) is 9.90 Å². The highest BCUT2D eigenvalue weighted by molar-refractivity contribution is 7.99. The number of aryl methyl sites for hydroxylation is 1. The maximum absolute atomic E-state index is 11.2. The number of tetrazole rings is 1. The molecule has 2 heterocycles. The van der Waals surface area contributed by atoms with Crippen molar-refractivity contribution < 1.29 is 9.90 Å². The molecule has 0 aliphatic rings. The van der Waals surface area contributed by atoms with Crippen molar-refractivity contribution in [3.8, 4) is 0 Å². The first-order chi connectivity index (χ1) is 8.99. The van der Waals surface area contributed by atoms with Crippen LogP contribution in [0.15, 0.2) is 16.2 Å². The third kappa shape index (κ3) is 2.87. The highest BCUT2D eigenvalue weighted by atomic mass is 32.2. The standard InChI is InChI=1S/C10H12N6O2S/c1-5(2)8-11-4-6(7(12-8)9(17)18)19-10-13-14-15-16(10)3/h4-5H,1-3H3,(H,17,18). The molecule has 0 atom stereocenters. The second-order valence-corrected chi connectivity index (χ2v) is 5.10. The molecule has 2 rings (SSSR count). The van der Waals surface area contributed by atoms with Crippen molar-refractivity contribution in [2.24, 2.45) is 7.05 Å². The number of carbonyl (C=O) groups is 1. The van der Waals surface area contributed by atoms with Gasteiger partial charge >= 0.3 is 5.97 Å². The Bertz CT molecular complexity index is 612. The van der Waals surface area contributed by atoms with Crippen LogP contribution in [-0.2, 0) is 7.05 Å². The molecular weight excluding hydrogens is 268 g/mol. The van der Waals surface area contributed by atoms with Crippen LogP contribution in [0, 0.1) is 0 Å². The number of hydrogen-bond acceptors (Lipinski definition) is 7. The lowest BCUT2D eigenvalue weighted by atomic mass is 10.2. The number of carboxylic acids is 1. The van der Waals surface area contributed by atoms with Gasteiger partial charge in [-0.25, -0.2) is 19.4 Å². The summed E-state index contributed by atoms with van der Waals surface area (Å²) in [7, 11) is 1.67. The molecule has 0 aromatic carbocycles. The second kappa shape index (κ2) is 5.31. The van der Waals surface area contributed by atoms with Gasteiger partial charge in [0, 0.05) is 19.2 Å². The van der Waals surface area contributed by atoms with Crippen molar-refractivity contribution in [2.45, 2.75) is 29.8 Å². The monoisotopic (exact) mass is 280 g/mol. The minimum Gasteiger partial charge on any atom is -0.476 e. The SMILES string of the molecule is CC(C)c1ncc(Sc2nnnn2C)c(C(=O)O)n1. The van der Waals surface area contributed by atoms with E-state index < -0.39 is 5.97 Å². The average molecular weight is 280 g/mol. The van der Waals surface area contributed by atoms with Gasteiger partial charge in [-0.3, -0.25) is 0 Å². The van der Waals surface area contributed by atoms with E-state index in [2.05, 4.69) is 25.5 Å². The van der Waals surface area contributed by atoms with E-state index in [4.69, 9.17) is 0 Å². The fourth-order valence-corrected chi connectivity index (χ4v) is 2.07. The number of hydrogen-bond donors (Lipinski definition) is 1. The molecule has 8 nitrogen and oxygen atoms in total. The molecular formula is C10H12N6O2S. The molecule has 0 amide bonds. The minimum atomic E-state index is -1.10. The number of aromatic carboxylic acids is 1. The molecule has 1 N–H and O–H groups in total. The van der Waals surface area contributed by atoms with E-state index in [0.29, 0.717) is 15.9 Å². The van der Waals surface area contributed by atoms with Crippen molar-refractivity contribution in [2.75, 3.05) is 0 Å². The zero-order valence-electron chi connectivity index (χ0n) is 10.6. The fraction of sp³-hybridized carbons (Fsp3) is 0.400. The first-order valence-corrected chi connectivity index (χ1v) is 6.31. The van der Waals surface area contributed by atoms with E-state index in [0.717, 1.165) is 11.8 Å². The summed E-state index contributed by atoms with van der Waals surface area (Å²) in [6.45, 7) is 3.81. The Morgan fingerprint density at radius 1 is 1.47 bits per heavy atom. The predicted molar refractivity (Wildman–Crippen MR) is 66.0 cm³/mol. The summed E-state index contributed by atoms with van der Waals surface area (Å²) in [6.07, 6.45) is 1.49. The number of rotatable bonds is 4. The molecule has 2 aromatic rings. The van der Waals surface area contributed by atoms with E-state index in [1.54, 1.807) is 7.05 Å². The summed E-state index contributed by atoms with van der Waals surface area (Å²) < 4.78 is 1.45. The lowest BCUT2D eigenvalue weighted by Gasteiger charge is -2.07. The van der Waals surface area contributed by atoms with Crippen LogP contribution >= 0.6 is 11.8 Å². The van der Waals surface area contributed by atoms with Gasteiger partial charge in [-0.1, -0.05) is 13.8 Å². The van der Waals surface area contributed by atoms with Gasteiger partial charge in [0.2, 0.25) is 5.16 Å². The number of carboxylic acid groups (broad SMARTS) is 1. The zero-order valence-corrected chi connectivity index (χ0v) is 11.4. The molecule has 100 valence electrons. The Morgan fingerprint density at radius 2 is 2.21 bits per heavy atom. The van der Waals surface area contributed by atoms with Gasteiger partial charge in [-0.15, -0.1) is 5.10 Å². The third-order valence-corrected chi connectivity index (χ3v) is 3.32. The fourth-order valence-electron chi connectivity index (χ4n) is 1.30. The molecule has 0 unspecified atom stereocenters. The van der Waals surface area contributed by atoms with Gasteiger partial charge in [-0.05, 0) is 22.2 Å². The molecule has 0 saturated carbocycles. The topological polar surface area (TPSA) is 107 Å².